The van der Waals surface area contributed by atoms with Gasteiger partial charge in [0.15, 0.2) is 0 Å². The standard InChI is InChI=1S/C60H116N2O8/c1-8-13-18-31-41-54(42-32-19-14-9-2)68-58(64)47-37-29-25-23-27-35-45-56(70-60(66)62(51-40-50-61(6)7)52-49-57(63)67-53-39-22-17-12-5)46-36-28-24-26-30-38-48-59(65)69-55(43-33-20-15-10-3)44-34-21-16-11-4/h54-56H,8-53H2,1-7H3. The summed E-state index contributed by atoms with van der Waals surface area (Å²) in [7, 11) is 4.06. The van der Waals surface area contributed by atoms with Gasteiger partial charge in [-0.25, -0.2) is 4.79 Å². The van der Waals surface area contributed by atoms with Crippen LogP contribution in [0.3, 0.4) is 0 Å². The molecule has 0 aliphatic rings. The molecule has 0 radical (unpaired) electrons. The average Bonchev–Trinajstić information content (AvgIpc) is 3.33. The molecule has 0 unspecified atom stereocenters. The molecule has 0 aromatic heterocycles. The van der Waals surface area contributed by atoms with Crippen molar-refractivity contribution in [2.24, 2.45) is 0 Å². The van der Waals surface area contributed by atoms with Crippen LogP contribution in [0.1, 0.15) is 304 Å². The van der Waals surface area contributed by atoms with Gasteiger partial charge in [0.2, 0.25) is 0 Å². The molecule has 70 heavy (non-hydrogen) atoms. The molecule has 1 amide bonds. The number of ether oxygens (including phenoxy) is 4. The van der Waals surface area contributed by atoms with Gasteiger partial charge in [0.25, 0.3) is 0 Å². The van der Waals surface area contributed by atoms with E-state index < -0.39 is 0 Å². The van der Waals surface area contributed by atoms with Crippen LogP contribution < -0.4 is 0 Å². The summed E-state index contributed by atoms with van der Waals surface area (Å²) in [5, 5.41) is 0. The first kappa shape index (κ1) is 67.6. The Morgan fingerprint density at radius 2 is 0.657 bits per heavy atom. The van der Waals surface area contributed by atoms with Gasteiger partial charge in [-0.15, -0.1) is 0 Å². The Hall–Kier alpha value is -2.36. The van der Waals surface area contributed by atoms with Gasteiger partial charge in [-0.3, -0.25) is 14.4 Å². The Balaban J connectivity index is 5.17. The molecule has 0 N–H and O–H groups in total. The normalized spacial score (nSPS) is 11.6. The van der Waals surface area contributed by atoms with Crippen LogP contribution in [0.5, 0.6) is 0 Å². The fourth-order valence-electron chi connectivity index (χ4n) is 9.27. The molecule has 0 rings (SSSR count). The number of carbonyl (C=O) groups is 4. The zero-order chi connectivity index (χ0) is 51.6. The highest BCUT2D eigenvalue weighted by Gasteiger charge is 2.22. The van der Waals surface area contributed by atoms with Crippen LogP contribution in [0, 0.1) is 0 Å². The molecule has 414 valence electrons. The molecular formula is C60H116N2O8. The van der Waals surface area contributed by atoms with Crippen molar-refractivity contribution < 1.29 is 38.1 Å². The van der Waals surface area contributed by atoms with Gasteiger partial charge in [-0.2, -0.15) is 0 Å². The van der Waals surface area contributed by atoms with Crippen molar-refractivity contribution in [3.8, 4) is 0 Å². The monoisotopic (exact) mass is 993 g/mol. The van der Waals surface area contributed by atoms with Crippen LogP contribution >= 0.6 is 0 Å². The molecule has 10 heteroatoms. The minimum absolute atomic E-state index is 0.0271. The van der Waals surface area contributed by atoms with E-state index in [0.29, 0.717) is 32.5 Å². The maximum atomic E-state index is 13.8. The molecule has 0 fully saturated rings. The largest absolute Gasteiger partial charge is 0.466 e. The van der Waals surface area contributed by atoms with Gasteiger partial charge in [-0.1, -0.05) is 182 Å². The molecule has 0 aromatic carbocycles. The van der Waals surface area contributed by atoms with Crippen molar-refractivity contribution in [2.45, 2.75) is 323 Å². The topological polar surface area (TPSA) is 112 Å². The number of nitrogens with zero attached hydrogens (tertiary/aromatic N) is 2. The van der Waals surface area contributed by atoms with Gasteiger partial charge >= 0.3 is 24.0 Å². The van der Waals surface area contributed by atoms with E-state index in [2.05, 4.69) is 39.5 Å². The summed E-state index contributed by atoms with van der Waals surface area (Å²) in [5.41, 5.74) is 0. The third-order valence-corrected chi connectivity index (χ3v) is 13.8. The Bertz CT molecular complexity index is 1100. The van der Waals surface area contributed by atoms with Crippen LogP contribution in [0.2, 0.25) is 0 Å². The third-order valence-electron chi connectivity index (χ3n) is 13.8. The van der Waals surface area contributed by atoms with E-state index in [1.54, 1.807) is 4.90 Å². The first-order valence-corrected chi connectivity index (χ1v) is 30.2. The minimum atomic E-state index is -0.327. The molecule has 0 aliphatic heterocycles. The lowest BCUT2D eigenvalue weighted by Crippen LogP contribution is -2.37. The molecular weight excluding hydrogens is 877 g/mol. The molecule has 0 aromatic rings. The predicted molar refractivity (Wildman–Crippen MR) is 293 cm³/mol. The lowest BCUT2D eigenvalue weighted by atomic mass is 10.0. The number of hydrogen-bond acceptors (Lipinski definition) is 9. The van der Waals surface area contributed by atoms with Crippen LogP contribution in [0.4, 0.5) is 4.79 Å². The number of esters is 3. The highest BCUT2D eigenvalue weighted by Crippen LogP contribution is 2.22. The van der Waals surface area contributed by atoms with Gasteiger partial charge in [0.05, 0.1) is 13.0 Å². The van der Waals surface area contributed by atoms with Crippen molar-refractivity contribution in [3.63, 3.8) is 0 Å². The van der Waals surface area contributed by atoms with Crippen molar-refractivity contribution in [2.75, 3.05) is 40.3 Å². The maximum Gasteiger partial charge on any atom is 0.410 e. The summed E-state index contributed by atoms with van der Waals surface area (Å²) < 4.78 is 23.8. The Kier molecular flexibility index (Phi) is 49.8. The molecule has 10 nitrogen and oxygen atoms in total. The lowest BCUT2D eigenvalue weighted by molar-refractivity contribution is -0.151. The number of carbonyl (C=O) groups excluding carboxylic acids is 4. The highest BCUT2D eigenvalue weighted by atomic mass is 16.6. The molecule has 0 saturated carbocycles. The Morgan fingerprint density at radius 1 is 0.329 bits per heavy atom. The molecule has 0 saturated heterocycles. The predicted octanol–water partition coefficient (Wildman–Crippen LogP) is 17.2. The average molecular weight is 994 g/mol. The van der Waals surface area contributed by atoms with E-state index in [4.69, 9.17) is 18.9 Å². The molecule has 0 spiro atoms. The summed E-state index contributed by atoms with van der Waals surface area (Å²) >= 11 is 0. The summed E-state index contributed by atoms with van der Waals surface area (Å²) in [5.74, 6) is -0.312. The maximum absolute atomic E-state index is 13.8. The number of amides is 1. The number of rotatable bonds is 53. The smallest absolute Gasteiger partial charge is 0.410 e. The second kappa shape index (κ2) is 51.5. The van der Waals surface area contributed by atoms with E-state index in [9.17, 15) is 19.2 Å². The van der Waals surface area contributed by atoms with E-state index >= 15 is 0 Å². The number of hydrogen-bond donors (Lipinski definition) is 0. The number of unbranched alkanes of at least 4 members (excludes halogenated alkanes) is 25. The Morgan fingerprint density at radius 3 is 1.03 bits per heavy atom. The summed E-state index contributed by atoms with van der Waals surface area (Å²) in [6, 6.07) is 0. The van der Waals surface area contributed by atoms with Crippen LogP contribution in [0.15, 0.2) is 0 Å². The fraction of sp³-hybridized carbons (Fsp3) is 0.933. The van der Waals surface area contributed by atoms with Gasteiger partial charge < -0.3 is 28.7 Å². The van der Waals surface area contributed by atoms with E-state index in [-0.39, 0.29) is 48.7 Å². The first-order valence-electron chi connectivity index (χ1n) is 30.2. The first-order chi connectivity index (χ1) is 34.1. The second-order valence-corrected chi connectivity index (χ2v) is 21.1. The van der Waals surface area contributed by atoms with Gasteiger partial charge in [-0.05, 0) is 123 Å². The fourth-order valence-corrected chi connectivity index (χ4v) is 9.27. The van der Waals surface area contributed by atoms with Crippen molar-refractivity contribution in [1.82, 2.24) is 9.80 Å². The molecule has 0 heterocycles. The quantitative estimate of drug-likeness (QED) is 0.0334. The summed E-state index contributed by atoms with van der Waals surface area (Å²) in [6.45, 7) is 13.2. The van der Waals surface area contributed by atoms with Crippen LogP contribution in [-0.2, 0) is 33.3 Å². The minimum Gasteiger partial charge on any atom is -0.466 e. The highest BCUT2D eigenvalue weighted by molar-refractivity contribution is 5.72. The van der Waals surface area contributed by atoms with Crippen molar-refractivity contribution in [1.29, 1.82) is 0 Å². The lowest BCUT2D eigenvalue weighted by Gasteiger charge is -2.26. The molecule has 0 aliphatic carbocycles. The van der Waals surface area contributed by atoms with Crippen molar-refractivity contribution in [3.05, 3.63) is 0 Å². The summed E-state index contributed by atoms with van der Waals surface area (Å²) in [4.78, 5) is 55.9. The van der Waals surface area contributed by atoms with Gasteiger partial charge in [0, 0.05) is 25.9 Å². The molecule has 0 atom stereocenters. The Labute approximate surface area is 433 Å². The van der Waals surface area contributed by atoms with Crippen molar-refractivity contribution >= 4 is 24.0 Å². The second-order valence-electron chi connectivity index (χ2n) is 21.1. The van der Waals surface area contributed by atoms with E-state index in [1.165, 1.54) is 77.0 Å². The van der Waals surface area contributed by atoms with Crippen LogP contribution in [0.25, 0.3) is 0 Å². The third kappa shape index (κ3) is 45.5. The SMILES string of the molecule is CCCCCCOC(=O)CCN(CCCN(C)C)C(=O)OC(CCCCCCCCC(=O)OC(CCCCCC)CCCCCC)CCCCCCCCC(=O)OC(CCCCCC)CCCCCC. The van der Waals surface area contributed by atoms with E-state index in [1.807, 2.05) is 14.1 Å². The zero-order valence-electron chi connectivity index (χ0n) is 47.4. The summed E-state index contributed by atoms with van der Waals surface area (Å²) in [6.07, 6.45) is 43.0. The van der Waals surface area contributed by atoms with Crippen LogP contribution in [-0.4, -0.2) is 92.4 Å². The van der Waals surface area contributed by atoms with Gasteiger partial charge in [0.1, 0.15) is 18.3 Å². The zero-order valence-corrected chi connectivity index (χ0v) is 47.4. The molecule has 0 bridgehead atoms. The van der Waals surface area contributed by atoms with E-state index in [0.717, 1.165) is 180 Å².